The van der Waals surface area contributed by atoms with Gasteiger partial charge in [0.1, 0.15) is 0 Å². The lowest BCUT2D eigenvalue weighted by molar-refractivity contribution is -0.119. The van der Waals surface area contributed by atoms with Gasteiger partial charge in [-0.1, -0.05) is 36.4 Å². The smallest absolute Gasteiger partial charge is 0.272 e. The molecule has 0 fully saturated rings. The van der Waals surface area contributed by atoms with Crippen LogP contribution in [0.5, 0.6) is 11.5 Å². The molecule has 3 aromatic carbocycles. The van der Waals surface area contributed by atoms with E-state index in [0.717, 1.165) is 10.5 Å². The average Bonchev–Trinajstić information content (AvgIpc) is 3.11. The van der Waals surface area contributed by atoms with Crippen molar-refractivity contribution in [1.82, 2.24) is 0 Å². The number of nitrogens with zero attached hydrogens (tertiary/aromatic N) is 2. The zero-order valence-electron chi connectivity index (χ0n) is 18.1. The standard InChI is InChI=1S/C26H20N2O4S/c1-31-21-13-10-19(14-22(21)32-2)23-24(33-16-18-6-4-3-5-7-18)26(30)28(25(23)29)20-11-8-17(15-27)9-12-20/h3-14H,16H2,1-2H3. The molecular formula is C26H20N2O4S. The van der Waals surface area contributed by atoms with Crippen molar-refractivity contribution >= 4 is 34.8 Å². The van der Waals surface area contributed by atoms with E-state index in [1.165, 1.54) is 26.0 Å². The van der Waals surface area contributed by atoms with E-state index < -0.39 is 11.8 Å². The third kappa shape index (κ3) is 4.34. The van der Waals surface area contributed by atoms with Gasteiger partial charge in [0.05, 0.1) is 42.0 Å². The highest BCUT2D eigenvalue weighted by atomic mass is 32.2. The Labute approximate surface area is 196 Å². The Kier molecular flexibility index (Phi) is 6.48. The molecule has 1 aliphatic heterocycles. The van der Waals surface area contributed by atoms with Crippen LogP contribution in [0, 0.1) is 11.3 Å². The predicted molar refractivity (Wildman–Crippen MR) is 128 cm³/mol. The first-order valence-corrected chi connectivity index (χ1v) is 11.1. The number of nitriles is 1. The molecule has 0 unspecified atom stereocenters. The number of thioether (sulfide) groups is 1. The highest BCUT2D eigenvalue weighted by Crippen LogP contribution is 2.41. The van der Waals surface area contributed by atoms with E-state index in [9.17, 15) is 9.59 Å². The number of benzene rings is 3. The van der Waals surface area contributed by atoms with Gasteiger partial charge in [-0.25, -0.2) is 4.90 Å². The fourth-order valence-electron chi connectivity index (χ4n) is 3.54. The first-order chi connectivity index (χ1) is 16.1. The largest absolute Gasteiger partial charge is 0.493 e. The summed E-state index contributed by atoms with van der Waals surface area (Å²) in [6.45, 7) is 0. The number of hydrogen-bond donors (Lipinski definition) is 0. The van der Waals surface area contributed by atoms with Gasteiger partial charge in [-0.3, -0.25) is 9.59 Å². The second kappa shape index (κ2) is 9.63. The second-order valence-corrected chi connectivity index (χ2v) is 8.14. The first kappa shape index (κ1) is 22.2. The third-order valence-electron chi connectivity index (χ3n) is 5.19. The van der Waals surface area contributed by atoms with Crippen LogP contribution in [-0.2, 0) is 15.3 Å². The van der Waals surface area contributed by atoms with Gasteiger partial charge in [-0.15, -0.1) is 11.8 Å². The van der Waals surface area contributed by atoms with Gasteiger partial charge in [-0.05, 0) is 47.5 Å². The van der Waals surface area contributed by atoms with Gasteiger partial charge < -0.3 is 9.47 Å². The average molecular weight is 457 g/mol. The van der Waals surface area contributed by atoms with Crippen molar-refractivity contribution in [2.75, 3.05) is 19.1 Å². The topological polar surface area (TPSA) is 79.6 Å². The van der Waals surface area contributed by atoms with Gasteiger partial charge in [0.2, 0.25) is 0 Å². The molecule has 6 nitrogen and oxygen atoms in total. The molecule has 2 amide bonds. The molecule has 4 rings (SSSR count). The zero-order valence-corrected chi connectivity index (χ0v) is 18.9. The normalized spacial score (nSPS) is 13.3. The zero-order chi connectivity index (χ0) is 23.4. The SMILES string of the molecule is COc1ccc(C2=C(SCc3ccccc3)C(=O)N(c3ccc(C#N)cc3)C2=O)cc1OC. The summed E-state index contributed by atoms with van der Waals surface area (Å²) in [6.07, 6.45) is 0. The molecule has 0 atom stereocenters. The lowest BCUT2D eigenvalue weighted by Gasteiger charge is -2.15. The van der Waals surface area contributed by atoms with Crippen molar-refractivity contribution in [3.05, 3.63) is 94.4 Å². The van der Waals surface area contributed by atoms with Crippen LogP contribution in [0.4, 0.5) is 5.69 Å². The van der Waals surface area contributed by atoms with Crippen molar-refractivity contribution in [2.45, 2.75) is 5.75 Å². The lowest BCUT2D eigenvalue weighted by Crippen LogP contribution is -2.31. The molecule has 3 aromatic rings. The number of imide groups is 1. The van der Waals surface area contributed by atoms with Crippen molar-refractivity contribution in [1.29, 1.82) is 5.26 Å². The molecule has 33 heavy (non-hydrogen) atoms. The Morgan fingerprint density at radius 3 is 2.21 bits per heavy atom. The predicted octanol–water partition coefficient (Wildman–Crippen LogP) is 4.79. The van der Waals surface area contributed by atoms with Crippen LogP contribution in [0.15, 0.2) is 77.7 Å². The maximum absolute atomic E-state index is 13.5. The van der Waals surface area contributed by atoms with E-state index in [0.29, 0.717) is 44.5 Å². The summed E-state index contributed by atoms with van der Waals surface area (Å²) in [5.41, 5.74) is 2.78. The van der Waals surface area contributed by atoms with E-state index in [-0.39, 0.29) is 0 Å². The van der Waals surface area contributed by atoms with E-state index in [1.54, 1.807) is 42.5 Å². The molecule has 0 aliphatic carbocycles. The summed E-state index contributed by atoms with van der Waals surface area (Å²) in [6, 6.07) is 23.3. The van der Waals surface area contributed by atoms with Crippen LogP contribution in [0.2, 0.25) is 0 Å². The van der Waals surface area contributed by atoms with Crippen molar-refractivity contribution in [3.63, 3.8) is 0 Å². The van der Waals surface area contributed by atoms with Crippen LogP contribution < -0.4 is 14.4 Å². The van der Waals surface area contributed by atoms with E-state index in [1.807, 2.05) is 36.4 Å². The number of anilines is 1. The highest BCUT2D eigenvalue weighted by Gasteiger charge is 2.40. The van der Waals surface area contributed by atoms with Gasteiger partial charge >= 0.3 is 0 Å². The summed E-state index contributed by atoms with van der Waals surface area (Å²) < 4.78 is 10.7. The summed E-state index contributed by atoms with van der Waals surface area (Å²) in [7, 11) is 3.06. The number of hydrogen-bond acceptors (Lipinski definition) is 6. The molecular weight excluding hydrogens is 436 g/mol. The summed E-state index contributed by atoms with van der Waals surface area (Å²) in [4.78, 5) is 28.5. The van der Waals surface area contributed by atoms with Gasteiger partial charge in [0.15, 0.2) is 11.5 Å². The molecule has 1 heterocycles. The van der Waals surface area contributed by atoms with Gasteiger partial charge in [0, 0.05) is 5.75 Å². The number of carbonyl (C=O) groups is 2. The van der Waals surface area contributed by atoms with E-state index in [4.69, 9.17) is 14.7 Å². The Bertz CT molecular complexity index is 1280. The molecule has 0 saturated heterocycles. The molecule has 0 aromatic heterocycles. The molecule has 0 saturated carbocycles. The van der Waals surface area contributed by atoms with Crippen molar-refractivity contribution in [3.8, 4) is 17.6 Å². The maximum Gasteiger partial charge on any atom is 0.272 e. The Morgan fingerprint density at radius 1 is 0.879 bits per heavy atom. The third-order valence-corrected chi connectivity index (χ3v) is 6.34. The van der Waals surface area contributed by atoms with Crippen molar-refractivity contribution < 1.29 is 19.1 Å². The fraction of sp³-hybridized carbons (Fsp3) is 0.115. The van der Waals surface area contributed by atoms with Crippen LogP contribution in [0.1, 0.15) is 16.7 Å². The molecule has 164 valence electrons. The Balaban J connectivity index is 1.77. The first-order valence-electron chi connectivity index (χ1n) is 10.1. The molecule has 0 bridgehead atoms. The van der Waals surface area contributed by atoms with Gasteiger partial charge in [0.25, 0.3) is 11.8 Å². The number of ether oxygens (including phenoxy) is 2. The number of amides is 2. The van der Waals surface area contributed by atoms with Crippen LogP contribution in [0.25, 0.3) is 5.57 Å². The highest BCUT2D eigenvalue weighted by molar-refractivity contribution is 8.03. The second-order valence-electron chi connectivity index (χ2n) is 7.15. The Morgan fingerprint density at radius 2 is 1.58 bits per heavy atom. The van der Waals surface area contributed by atoms with Crippen LogP contribution in [0.3, 0.4) is 0 Å². The molecule has 7 heteroatoms. The molecule has 0 radical (unpaired) electrons. The fourth-order valence-corrected chi connectivity index (χ4v) is 4.61. The van der Waals surface area contributed by atoms with Gasteiger partial charge in [-0.2, -0.15) is 5.26 Å². The monoisotopic (exact) mass is 456 g/mol. The quantitative estimate of drug-likeness (QED) is 0.476. The summed E-state index contributed by atoms with van der Waals surface area (Å²) in [5, 5.41) is 9.07. The molecule has 1 aliphatic rings. The minimum absolute atomic E-state index is 0.311. The molecule has 0 N–H and O–H groups in total. The van der Waals surface area contributed by atoms with Crippen LogP contribution in [-0.4, -0.2) is 26.0 Å². The minimum Gasteiger partial charge on any atom is -0.493 e. The minimum atomic E-state index is -0.424. The Hall–Kier alpha value is -4.02. The van der Waals surface area contributed by atoms with Crippen molar-refractivity contribution in [2.24, 2.45) is 0 Å². The number of rotatable bonds is 7. The van der Waals surface area contributed by atoms with Crippen LogP contribution >= 0.6 is 11.8 Å². The summed E-state index contributed by atoms with van der Waals surface area (Å²) >= 11 is 1.32. The lowest BCUT2D eigenvalue weighted by atomic mass is 10.1. The number of methoxy groups -OCH3 is 2. The van der Waals surface area contributed by atoms with E-state index >= 15 is 0 Å². The summed E-state index contributed by atoms with van der Waals surface area (Å²) in [5.74, 6) is 0.712. The maximum atomic E-state index is 13.5. The molecule has 0 spiro atoms. The number of carbonyl (C=O) groups excluding carboxylic acids is 2. The van der Waals surface area contributed by atoms with E-state index in [2.05, 4.69) is 0 Å².